The summed E-state index contributed by atoms with van der Waals surface area (Å²) in [5, 5.41) is 8.75. The monoisotopic (exact) mass is 181 g/mol. The molecular weight excluding hydrogens is 170 g/mol. The summed E-state index contributed by atoms with van der Waals surface area (Å²) in [6.07, 6.45) is 1.48. The van der Waals surface area contributed by atoms with E-state index in [1.54, 1.807) is 17.0 Å². The maximum atomic E-state index is 11.5. The summed E-state index contributed by atoms with van der Waals surface area (Å²) >= 11 is 0. The Bertz CT molecular complexity index is 288. The second-order valence-electron chi connectivity index (χ2n) is 3.24. The molecule has 0 bridgehead atoms. The summed E-state index contributed by atoms with van der Waals surface area (Å²) in [7, 11) is 0. The largest absolute Gasteiger partial charge is 0.459 e. The SMILES string of the molecule is O=C(c1ccco1)N1CC(CO)C1. The van der Waals surface area contributed by atoms with Crippen LogP contribution in [-0.2, 0) is 0 Å². The molecule has 1 amide bonds. The van der Waals surface area contributed by atoms with Gasteiger partial charge in [-0.15, -0.1) is 0 Å². The van der Waals surface area contributed by atoms with Gasteiger partial charge in [0.15, 0.2) is 5.76 Å². The molecule has 1 aliphatic heterocycles. The molecular formula is C9H11NO3. The van der Waals surface area contributed by atoms with Gasteiger partial charge in [0, 0.05) is 25.6 Å². The van der Waals surface area contributed by atoms with Crippen LogP contribution in [0.1, 0.15) is 10.6 Å². The third-order valence-corrected chi connectivity index (χ3v) is 2.23. The van der Waals surface area contributed by atoms with Crippen molar-refractivity contribution in [3.8, 4) is 0 Å². The summed E-state index contributed by atoms with van der Waals surface area (Å²) in [5.41, 5.74) is 0. The van der Waals surface area contributed by atoms with Crippen molar-refractivity contribution >= 4 is 5.91 Å². The second-order valence-corrected chi connectivity index (χ2v) is 3.24. The van der Waals surface area contributed by atoms with E-state index in [1.807, 2.05) is 0 Å². The quantitative estimate of drug-likeness (QED) is 0.716. The van der Waals surface area contributed by atoms with Crippen molar-refractivity contribution in [1.82, 2.24) is 4.90 Å². The van der Waals surface area contributed by atoms with Crippen molar-refractivity contribution in [3.05, 3.63) is 24.2 Å². The van der Waals surface area contributed by atoms with Gasteiger partial charge < -0.3 is 14.4 Å². The van der Waals surface area contributed by atoms with E-state index < -0.39 is 0 Å². The minimum absolute atomic E-state index is 0.0882. The van der Waals surface area contributed by atoms with Crippen LogP contribution in [0, 0.1) is 5.92 Å². The highest BCUT2D eigenvalue weighted by Crippen LogP contribution is 2.17. The molecule has 1 aromatic rings. The van der Waals surface area contributed by atoms with E-state index in [2.05, 4.69) is 0 Å². The molecule has 0 unspecified atom stereocenters. The molecule has 13 heavy (non-hydrogen) atoms. The summed E-state index contributed by atoms with van der Waals surface area (Å²) < 4.78 is 4.97. The van der Waals surface area contributed by atoms with Crippen molar-refractivity contribution in [2.45, 2.75) is 0 Å². The fourth-order valence-corrected chi connectivity index (χ4v) is 1.41. The number of carbonyl (C=O) groups is 1. The lowest BCUT2D eigenvalue weighted by molar-refractivity contribution is 0.0334. The van der Waals surface area contributed by atoms with Crippen LogP contribution in [0.3, 0.4) is 0 Å². The molecule has 2 rings (SSSR count). The molecule has 2 heterocycles. The fraction of sp³-hybridized carbons (Fsp3) is 0.444. The van der Waals surface area contributed by atoms with Crippen LogP contribution in [0.25, 0.3) is 0 Å². The first-order valence-corrected chi connectivity index (χ1v) is 4.25. The van der Waals surface area contributed by atoms with E-state index in [-0.39, 0.29) is 18.4 Å². The molecule has 0 saturated carbocycles. The number of amides is 1. The molecule has 1 N–H and O–H groups in total. The molecule has 4 nitrogen and oxygen atoms in total. The number of furan rings is 1. The predicted molar refractivity (Wildman–Crippen MR) is 45.2 cm³/mol. The van der Waals surface area contributed by atoms with Gasteiger partial charge in [0.05, 0.1) is 6.26 Å². The van der Waals surface area contributed by atoms with E-state index in [0.29, 0.717) is 18.8 Å². The maximum Gasteiger partial charge on any atom is 0.289 e. The van der Waals surface area contributed by atoms with Gasteiger partial charge in [0.25, 0.3) is 5.91 Å². The Morgan fingerprint density at radius 2 is 2.46 bits per heavy atom. The maximum absolute atomic E-state index is 11.5. The predicted octanol–water partition coefficient (Wildman–Crippen LogP) is 0.344. The van der Waals surface area contributed by atoms with Crippen molar-refractivity contribution in [2.75, 3.05) is 19.7 Å². The molecule has 1 aliphatic rings. The summed E-state index contributed by atoms with van der Waals surface area (Å²) in [5.74, 6) is 0.532. The van der Waals surface area contributed by atoms with Gasteiger partial charge >= 0.3 is 0 Å². The normalized spacial score (nSPS) is 17.2. The zero-order chi connectivity index (χ0) is 9.26. The van der Waals surface area contributed by atoms with Crippen LogP contribution in [-0.4, -0.2) is 35.6 Å². The number of aliphatic hydroxyl groups is 1. The van der Waals surface area contributed by atoms with E-state index in [9.17, 15) is 4.79 Å². The van der Waals surface area contributed by atoms with Crippen LogP contribution >= 0.6 is 0 Å². The molecule has 1 saturated heterocycles. The van der Waals surface area contributed by atoms with Gasteiger partial charge in [-0.25, -0.2) is 0 Å². The number of nitrogens with zero attached hydrogens (tertiary/aromatic N) is 1. The molecule has 4 heteroatoms. The van der Waals surface area contributed by atoms with Crippen LogP contribution < -0.4 is 0 Å². The second kappa shape index (κ2) is 3.22. The molecule has 0 aromatic carbocycles. The third kappa shape index (κ3) is 1.45. The fourth-order valence-electron chi connectivity index (χ4n) is 1.41. The van der Waals surface area contributed by atoms with Crippen LogP contribution in [0.5, 0.6) is 0 Å². The Balaban J connectivity index is 1.94. The lowest BCUT2D eigenvalue weighted by Gasteiger charge is -2.37. The smallest absolute Gasteiger partial charge is 0.289 e. The Morgan fingerprint density at radius 1 is 1.69 bits per heavy atom. The number of hydrogen-bond donors (Lipinski definition) is 1. The molecule has 0 spiro atoms. The number of hydrogen-bond acceptors (Lipinski definition) is 3. The van der Waals surface area contributed by atoms with Crippen LogP contribution in [0.15, 0.2) is 22.8 Å². The zero-order valence-electron chi connectivity index (χ0n) is 7.14. The van der Waals surface area contributed by atoms with Crippen molar-refractivity contribution < 1.29 is 14.3 Å². The summed E-state index contributed by atoms with van der Waals surface area (Å²) in [6.45, 7) is 1.42. The van der Waals surface area contributed by atoms with Crippen LogP contribution in [0.4, 0.5) is 0 Å². The van der Waals surface area contributed by atoms with E-state index in [0.717, 1.165) is 0 Å². The van der Waals surface area contributed by atoms with Crippen molar-refractivity contribution in [2.24, 2.45) is 5.92 Å². The Hall–Kier alpha value is -1.29. The van der Waals surface area contributed by atoms with Crippen molar-refractivity contribution in [1.29, 1.82) is 0 Å². The standard InChI is InChI=1S/C9H11NO3/c11-6-7-4-10(5-7)9(12)8-2-1-3-13-8/h1-3,7,11H,4-6H2. The highest BCUT2D eigenvalue weighted by molar-refractivity contribution is 5.91. The number of aliphatic hydroxyl groups excluding tert-OH is 1. The molecule has 1 fully saturated rings. The minimum atomic E-state index is -0.0882. The van der Waals surface area contributed by atoms with Gasteiger partial charge in [-0.05, 0) is 12.1 Å². The topological polar surface area (TPSA) is 53.7 Å². The minimum Gasteiger partial charge on any atom is -0.459 e. The lowest BCUT2D eigenvalue weighted by Crippen LogP contribution is -2.51. The first-order valence-electron chi connectivity index (χ1n) is 4.25. The number of rotatable bonds is 2. The Kier molecular flexibility index (Phi) is 2.06. The third-order valence-electron chi connectivity index (χ3n) is 2.23. The van der Waals surface area contributed by atoms with E-state index in [1.165, 1.54) is 6.26 Å². The number of carbonyl (C=O) groups excluding carboxylic acids is 1. The average molecular weight is 181 g/mol. The van der Waals surface area contributed by atoms with Gasteiger partial charge in [-0.1, -0.05) is 0 Å². The number of likely N-dealkylation sites (tertiary alicyclic amines) is 1. The van der Waals surface area contributed by atoms with E-state index >= 15 is 0 Å². The van der Waals surface area contributed by atoms with Gasteiger partial charge in [-0.2, -0.15) is 0 Å². The summed E-state index contributed by atoms with van der Waals surface area (Å²) in [4.78, 5) is 13.2. The summed E-state index contributed by atoms with van der Waals surface area (Å²) in [6, 6.07) is 3.34. The van der Waals surface area contributed by atoms with Crippen LogP contribution in [0.2, 0.25) is 0 Å². The van der Waals surface area contributed by atoms with E-state index in [4.69, 9.17) is 9.52 Å². The Labute approximate surface area is 75.8 Å². The first kappa shape index (κ1) is 8.31. The highest BCUT2D eigenvalue weighted by atomic mass is 16.3. The Morgan fingerprint density at radius 3 is 3.00 bits per heavy atom. The molecule has 1 aromatic heterocycles. The lowest BCUT2D eigenvalue weighted by atomic mass is 10.0. The average Bonchev–Trinajstić information content (AvgIpc) is 2.53. The van der Waals surface area contributed by atoms with Crippen molar-refractivity contribution in [3.63, 3.8) is 0 Å². The first-order chi connectivity index (χ1) is 6.31. The van der Waals surface area contributed by atoms with Gasteiger partial charge in [-0.3, -0.25) is 4.79 Å². The molecule has 0 radical (unpaired) electrons. The highest BCUT2D eigenvalue weighted by Gasteiger charge is 2.31. The van der Waals surface area contributed by atoms with Gasteiger partial charge in [0.1, 0.15) is 0 Å². The van der Waals surface area contributed by atoms with Gasteiger partial charge in [0.2, 0.25) is 0 Å². The molecule has 70 valence electrons. The zero-order valence-corrected chi connectivity index (χ0v) is 7.14. The molecule has 0 atom stereocenters. The molecule has 0 aliphatic carbocycles.